The standard InChI is InChI=1S/C43H53N5O6S/c1-29-14-20-37-35(27-29)42(34-11-5-6-12-36(34)45-37)44-23-26-47(55(51,52)33-18-16-32(53-2)17-19-33)25-22-41(49)46-38-21-15-31(28-40(38)54-3)43(50)48-24-8-10-30-9-4-7-13-39(30)48/h14-21,27-28,30,39H,4-13,22-26H2,1-3H3,(H,44,45)(H,46,49). The fourth-order valence-electron chi connectivity index (χ4n) is 8.70. The molecule has 4 aromatic rings. The molecular formula is C43H53N5O6S. The van der Waals surface area contributed by atoms with Gasteiger partial charge >= 0.3 is 0 Å². The van der Waals surface area contributed by atoms with E-state index in [0.29, 0.717) is 35.2 Å². The molecule has 0 spiro atoms. The van der Waals surface area contributed by atoms with Crippen molar-refractivity contribution >= 4 is 44.1 Å². The molecule has 1 aliphatic heterocycles. The second kappa shape index (κ2) is 17.0. The number of aromatic nitrogens is 1. The number of carbonyl (C=O) groups excluding carboxylic acids is 2. The molecule has 1 saturated carbocycles. The zero-order valence-electron chi connectivity index (χ0n) is 32.2. The first-order chi connectivity index (χ1) is 26.7. The molecule has 0 radical (unpaired) electrons. The molecule has 11 nitrogen and oxygen atoms in total. The van der Waals surface area contributed by atoms with Crippen molar-refractivity contribution in [2.45, 2.75) is 88.5 Å². The maximum absolute atomic E-state index is 14.1. The molecular weight excluding hydrogens is 715 g/mol. The molecule has 2 heterocycles. The number of nitrogens with one attached hydrogen (secondary N) is 2. The van der Waals surface area contributed by atoms with Gasteiger partial charge in [-0.25, -0.2) is 8.42 Å². The highest BCUT2D eigenvalue weighted by atomic mass is 32.2. The normalized spacial score (nSPS) is 18.4. The minimum atomic E-state index is -3.98. The summed E-state index contributed by atoms with van der Waals surface area (Å²) in [6, 6.07) is 17.9. The van der Waals surface area contributed by atoms with Crippen LogP contribution in [0.5, 0.6) is 11.5 Å². The second-order valence-electron chi connectivity index (χ2n) is 15.1. The molecule has 2 unspecified atom stereocenters. The smallest absolute Gasteiger partial charge is 0.254 e. The number of piperidine rings is 1. The summed E-state index contributed by atoms with van der Waals surface area (Å²) in [4.78, 5) is 34.3. The average Bonchev–Trinajstić information content (AvgIpc) is 3.21. The summed E-state index contributed by atoms with van der Waals surface area (Å²) in [5.41, 5.74) is 6.31. The topological polar surface area (TPSA) is 130 Å². The zero-order valence-corrected chi connectivity index (χ0v) is 33.1. The number of anilines is 2. The summed E-state index contributed by atoms with van der Waals surface area (Å²) in [5, 5.41) is 7.53. The van der Waals surface area contributed by atoms with E-state index in [1.807, 2.05) is 11.0 Å². The van der Waals surface area contributed by atoms with Crippen LogP contribution in [0.1, 0.15) is 85.0 Å². The van der Waals surface area contributed by atoms with Crippen LogP contribution in [0.4, 0.5) is 11.4 Å². The molecule has 7 rings (SSSR count). The van der Waals surface area contributed by atoms with Gasteiger partial charge < -0.3 is 25.0 Å². The van der Waals surface area contributed by atoms with Crippen LogP contribution >= 0.6 is 0 Å². The van der Waals surface area contributed by atoms with E-state index < -0.39 is 10.0 Å². The Hall–Kier alpha value is -4.68. The van der Waals surface area contributed by atoms with Crippen molar-refractivity contribution in [3.8, 4) is 11.5 Å². The molecule has 1 aromatic heterocycles. The van der Waals surface area contributed by atoms with Gasteiger partial charge in [0.1, 0.15) is 11.5 Å². The first kappa shape index (κ1) is 38.6. The van der Waals surface area contributed by atoms with E-state index in [4.69, 9.17) is 14.5 Å². The number of hydrogen-bond donors (Lipinski definition) is 2. The Morgan fingerprint density at radius 1 is 0.891 bits per heavy atom. The van der Waals surface area contributed by atoms with Crippen molar-refractivity contribution in [1.82, 2.24) is 14.2 Å². The van der Waals surface area contributed by atoms with Gasteiger partial charge in [0.25, 0.3) is 5.91 Å². The summed E-state index contributed by atoms with van der Waals surface area (Å²) in [7, 11) is -0.941. The molecule has 1 saturated heterocycles. The number of carbonyl (C=O) groups is 2. The molecule has 2 atom stereocenters. The third-order valence-electron chi connectivity index (χ3n) is 11.6. The van der Waals surface area contributed by atoms with Crippen LogP contribution in [-0.4, -0.2) is 80.9 Å². The van der Waals surface area contributed by atoms with Gasteiger partial charge in [0.15, 0.2) is 0 Å². The lowest BCUT2D eigenvalue weighted by Crippen LogP contribution is -2.49. The number of amides is 2. The van der Waals surface area contributed by atoms with Gasteiger partial charge in [-0.05, 0) is 124 Å². The van der Waals surface area contributed by atoms with Crippen LogP contribution < -0.4 is 20.1 Å². The lowest BCUT2D eigenvalue weighted by Gasteiger charge is -2.44. The van der Waals surface area contributed by atoms with Crippen molar-refractivity contribution in [2.75, 3.05) is 51.0 Å². The Kier molecular flexibility index (Phi) is 11.9. The number of likely N-dealkylation sites (tertiary alicyclic amines) is 1. The first-order valence-electron chi connectivity index (χ1n) is 19.8. The van der Waals surface area contributed by atoms with Crippen LogP contribution in [0, 0.1) is 12.8 Å². The Labute approximate surface area is 324 Å². The number of methoxy groups -OCH3 is 2. The number of aryl methyl sites for hydroxylation is 2. The van der Waals surface area contributed by atoms with Crippen molar-refractivity contribution in [1.29, 1.82) is 0 Å². The van der Waals surface area contributed by atoms with E-state index in [9.17, 15) is 18.0 Å². The number of sulfonamides is 1. The molecule has 2 aliphatic carbocycles. The highest BCUT2D eigenvalue weighted by Gasteiger charge is 2.36. The summed E-state index contributed by atoms with van der Waals surface area (Å²) in [6.45, 7) is 3.23. The Morgan fingerprint density at radius 3 is 2.47 bits per heavy atom. The summed E-state index contributed by atoms with van der Waals surface area (Å²) >= 11 is 0. The van der Waals surface area contributed by atoms with Crippen LogP contribution in [0.3, 0.4) is 0 Å². The van der Waals surface area contributed by atoms with Crippen molar-refractivity contribution < 1.29 is 27.5 Å². The highest BCUT2D eigenvalue weighted by molar-refractivity contribution is 7.89. The Balaban J connectivity index is 1.06. The molecule has 2 N–H and O–H groups in total. The maximum atomic E-state index is 14.1. The largest absolute Gasteiger partial charge is 0.497 e. The fourth-order valence-corrected chi connectivity index (χ4v) is 10.1. The highest BCUT2D eigenvalue weighted by Crippen LogP contribution is 2.37. The van der Waals surface area contributed by atoms with Crippen LogP contribution in [0.25, 0.3) is 10.9 Å². The van der Waals surface area contributed by atoms with Crippen molar-refractivity contribution in [3.05, 3.63) is 83.0 Å². The Morgan fingerprint density at radius 2 is 1.67 bits per heavy atom. The predicted octanol–water partition coefficient (Wildman–Crippen LogP) is 7.37. The molecule has 12 heteroatoms. The summed E-state index contributed by atoms with van der Waals surface area (Å²) < 4.78 is 40.5. The fraction of sp³-hybridized carbons (Fsp3) is 0.465. The third-order valence-corrected chi connectivity index (χ3v) is 13.5. The number of nitrogens with zero attached hydrogens (tertiary/aromatic N) is 3. The first-order valence-corrected chi connectivity index (χ1v) is 21.2. The molecule has 0 bridgehead atoms. The summed E-state index contributed by atoms with van der Waals surface area (Å²) in [6.07, 6.45) is 10.7. The van der Waals surface area contributed by atoms with Gasteiger partial charge in [-0.15, -0.1) is 0 Å². The maximum Gasteiger partial charge on any atom is 0.254 e. The van der Waals surface area contributed by atoms with Crippen LogP contribution in [0.2, 0.25) is 0 Å². The lowest BCUT2D eigenvalue weighted by molar-refractivity contribution is -0.116. The molecule has 2 fully saturated rings. The number of rotatable bonds is 13. The lowest BCUT2D eigenvalue weighted by atomic mass is 9.78. The molecule has 55 heavy (non-hydrogen) atoms. The molecule has 3 aliphatic rings. The van der Waals surface area contributed by atoms with Gasteiger partial charge in [-0.1, -0.05) is 24.5 Å². The van der Waals surface area contributed by atoms with Crippen LogP contribution in [-0.2, 0) is 27.7 Å². The number of hydrogen-bond acceptors (Lipinski definition) is 8. The average molecular weight is 768 g/mol. The van der Waals surface area contributed by atoms with Gasteiger partial charge in [-0.2, -0.15) is 4.31 Å². The molecule has 3 aromatic carbocycles. The third kappa shape index (κ3) is 8.45. The van der Waals surface area contributed by atoms with Gasteiger partial charge in [0.05, 0.1) is 30.3 Å². The molecule has 2 amide bonds. The predicted molar refractivity (Wildman–Crippen MR) is 216 cm³/mol. The van der Waals surface area contributed by atoms with Gasteiger partial charge in [-0.3, -0.25) is 14.6 Å². The number of ether oxygens (including phenoxy) is 2. The van der Waals surface area contributed by atoms with Gasteiger partial charge in [0, 0.05) is 61.0 Å². The minimum absolute atomic E-state index is 0.00354. The van der Waals surface area contributed by atoms with Crippen LogP contribution in [0.15, 0.2) is 65.6 Å². The van der Waals surface area contributed by atoms with E-state index in [1.165, 1.54) is 55.5 Å². The molecule has 292 valence electrons. The monoisotopic (exact) mass is 767 g/mol. The van der Waals surface area contributed by atoms with Gasteiger partial charge in [0.2, 0.25) is 15.9 Å². The quantitative estimate of drug-likeness (QED) is 0.144. The van der Waals surface area contributed by atoms with E-state index in [1.54, 1.807) is 30.3 Å². The van der Waals surface area contributed by atoms with E-state index in [0.717, 1.165) is 79.3 Å². The van der Waals surface area contributed by atoms with E-state index in [-0.39, 0.29) is 42.3 Å². The van der Waals surface area contributed by atoms with Crippen molar-refractivity contribution in [3.63, 3.8) is 0 Å². The van der Waals surface area contributed by atoms with Crippen molar-refractivity contribution in [2.24, 2.45) is 5.92 Å². The zero-order chi connectivity index (χ0) is 38.5. The summed E-state index contributed by atoms with van der Waals surface area (Å²) in [5.74, 6) is 1.13. The second-order valence-corrected chi connectivity index (χ2v) is 17.0. The van der Waals surface area contributed by atoms with E-state index >= 15 is 0 Å². The number of fused-ring (bicyclic) bond motifs is 3. The number of pyridine rings is 1. The SMILES string of the molecule is COc1ccc(S(=O)(=O)N(CCNc2c3c(nc4ccc(C)cc24)CCCC3)CCC(=O)Nc2ccc(C(=O)N3CCCC4CCCCC43)cc2OC)cc1. The van der Waals surface area contributed by atoms with E-state index in [2.05, 4.69) is 29.7 Å². The Bertz CT molecular complexity index is 2140. The minimum Gasteiger partial charge on any atom is -0.497 e. The number of benzene rings is 3.